The third-order valence-corrected chi connectivity index (χ3v) is 8.97. The zero-order valence-electron chi connectivity index (χ0n) is 22.6. The molecule has 2 aliphatic heterocycles. The first-order chi connectivity index (χ1) is 20.2. The molecule has 0 aromatic heterocycles. The van der Waals surface area contributed by atoms with Crippen LogP contribution in [0.5, 0.6) is 0 Å². The highest BCUT2D eigenvalue weighted by atomic mass is 33.1. The van der Waals surface area contributed by atoms with Crippen LogP contribution in [0.2, 0.25) is 0 Å². The summed E-state index contributed by atoms with van der Waals surface area (Å²) < 4.78 is 5.26. The van der Waals surface area contributed by atoms with Gasteiger partial charge in [-0.05, 0) is 24.1 Å². The number of imide groups is 1. The second-order valence-electron chi connectivity index (χ2n) is 9.52. The molecule has 0 saturated carbocycles. The highest BCUT2D eigenvalue weighted by Gasteiger charge is 2.40. The van der Waals surface area contributed by atoms with E-state index in [-0.39, 0.29) is 63.2 Å². The Kier molecular flexibility index (Phi) is 10.8. The zero-order chi connectivity index (χ0) is 30.1. The van der Waals surface area contributed by atoms with Crippen molar-refractivity contribution in [3.63, 3.8) is 0 Å². The first-order valence-corrected chi connectivity index (χ1v) is 15.7. The second-order valence-corrected chi connectivity index (χ2v) is 12.2. The van der Waals surface area contributed by atoms with Crippen molar-refractivity contribution in [2.75, 3.05) is 30.0 Å². The van der Waals surface area contributed by atoms with Crippen molar-refractivity contribution in [2.45, 2.75) is 38.4 Å². The number of amides is 5. The van der Waals surface area contributed by atoms with E-state index in [4.69, 9.17) is 9.84 Å². The third kappa shape index (κ3) is 8.26. The van der Waals surface area contributed by atoms with Gasteiger partial charge in [0.25, 0.3) is 5.91 Å². The van der Waals surface area contributed by atoms with Crippen molar-refractivity contribution in [1.82, 2.24) is 15.1 Å². The molecule has 14 heteroatoms. The quantitative estimate of drug-likeness (QED) is 0.174. The molecule has 0 aliphatic carbocycles. The zero-order valence-corrected chi connectivity index (χ0v) is 24.2. The van der Waals surface area contributed by atoms with Gasteiger partial charge in [0.15, 0.2) is 0 Å². The lowest BCUT2D eigenvalue weighted by atomic mass is 10.0. The maximum atomic E-state index is 12.9. The van der Waals surface area contributed by atoms with Crippen LogP contribution in [-0.4, -0.2) is 81.3 Å². The summed E-state index contributed by atoms with van der Waals surface area (Å²) in [5.41, 5.74) is 2.21. The van der Waals surface area contributed by atoms with Crippen molar-refractivity contribution < 1.29 is 38.6 Å². The number of carbonyl (C=O) groups is 6. The minimum Gasteiger partial charge on any atom is -0.480 e. The summed E-state index contributed by atoms with van der Waals surface area (Å²) in [6.07, 6.45) is -0.126. The lowest BCUT2D eigenvalue weighted by Crippen LogP contribution is -2.52. The SMILES string of the molecule is O=C(O)CN(Cc1ccccc1)C(=O)CCSSCCOC(=O)Nc1cccc2c1CN(C1CCC(=O)NC1=O)C2=O. The summed E-state index contributed by atoms with van der Waals surface area (Å²) in [6.45, 7) is 0.0764. The van der Waals surface area contributed by atoms with Gasteiger partial charge in [0.1, 0.15) is 19.2 Å². The topological polar surface area (TPSA) is 162 Å². The van der Waals surface area contributed by atoms with Crippen molar-refractivity contribution in [3.05, 3.63) is 65.2 Å². The van der Waals surface area contributed by atoms with E-state index in [1.807, 2.05) is 30.3 Å². The molecule has 0 radical (unpaired) electrons. The monoisotopic (exact) mass is 614 g/mol. The summed E-state index contributed by atoms with van der Waals surface area (Å²) in [6, 6.07) is 13.3. The lowest BCUT2D eigenvalue weighted by Gasteiger charge is -2.29. The lowest BCUT2D eigenvalue weighted by molar-refractivity contribution is -0.144. The number of carbonyl (C=O) groups excluding carboxylic acids is 5. The van der Waals surface area contributed by atoms with Gasteiger partial charge in [0.05, 0.1) is 0 Å². The number of hydrogen-bond donors (Lipinski definition) is 3. The van der Waals surface area contributed by atoms with Crippen LogP contribution in [0, 0.1) is 0 Å². The van der Waals surface area contributed by atoms with E-state index in [0.29, 0.717) is 28.3 Å². The molecule has 42 heavy (non-hydrogen) atoms. The molecule has 1 unspecified atom stereocenters. The number of rotatable bonds is 13. The van der Waals surface area contributed by atoms with Crippen molar-refractivity contribution in [1.29, 1.82) is 0 Å². The Morgan fingerprint density at radius 1 is 1.05 bits per heavy atom. The van der Waals surface area contributed by atoms with Crippen molar-refractivity contribution in [3.8, 4) is 0 Å². The van der Waals surface area contributed by atoms with Crippen molar-refractivity contribution >= 4 is 63.0 Å². The summed E-state index contributed by atoms with van der Waals surface area (Å²) in [4.78, 5) is 75.6. The van der Waals surface area contributed by atoms with Gasteiger partial charge >= 0.3 is 12.1 Å². The molecule has 0 spiro atoms. The van der Waals surface area contributed by atoms with E-state index in [1.165, 1.54) is 31.4 Å². The molecule has 222 valence electrons. The minimum atomic E-state index is -1.07. The van der Waals surface area contributed by atoms with Gasteiger partial charge in [-0.1, -0.05) is 58.0 Å². The van der Waals surface area contributed by atoms with Crippen LogP contribution in [-0.2, 0) is 37.0 Å². The molecule has 5 amide bonds. The predicted octanol–water partition coefficient (Wildman–Crippen LogP) is 2.88. The van der Waals surface area contributed by atoms with E-state index in [9.17, 15) is 28.8 Å². The van der Waals surface area contributed by atoms with Gasteiger partial charge in [-0.25, -0.2) is 4.79 Å². The maximum Gasteiger partial charge on any atom is 0.411 e. The van der Waals surface area contributed by atoms with Crippen LogP contribution in [0.4, 0.5) is 10.5 Å². The van der Waals surface area contributed by atoms with E-state index >= 15 is 0 Å². The van der Waals surface area contributed by atoms with Crippen molar-refractivity contribution in [2.24, 2.45) is 0 Å². The molecule has 1 fully saturated rings. The molecule has 12 nitrogen and oxygen atoms in total. The second kappa shape index (κ2) is 14.7. The van der Waals surface area contributed by atoms with Gasteiger partial charge in [0, 0.05) is 54.3 Å². The highest BCUT2D eigenvalue weighted by Crippen LogP contribution is 2.32. The normalized spacial score (nSPS) is 16.0. The number of hydrogen-bond acceptors (Lipinski definition) is 9. The van der Waals surface area contributed by atoms with E-state index in [2.05, 4.69) is 10.6 Å². The molecule has 2 heterocycles. The maximum absolute atomic E-state index is 12.9. The number of nitrogens with one attached hydrogen (secondary N) is 2. The van der Waals surface area contributed by atoms with Gasteiger partial charge in [-0.3, -0.25) is 34.6 Å². The minimum absolute atomic E-state index is 0.104. The smallest absolute Gasteiger partial charge is 0.411 e. The van der Waals surface area contributed by atoms with E-state index in [1.54, 1.807) is 18.2 Å². The molecule has 2 aromatic carbocycles. The Balaban J connectivity index is 1.17. The molecular weight excluding hydrogens is 584 g/mol. The summed E-state index contributed by atoms with van der Waals surface area (Å²) in [5, 5.41) is 14.1. The molecular formula is C28H30N4O8S2. The molecule has 1 atom stereocenters. The van der Waals surface area contributed by atoms with Crippen LogP contribution in [0.3, 0.4) is 0 Å². The van der Waals surface area contributed by atoms with Gasteiger partial charge < -0.3 is 19.6 Å². The Morgan fingerprint density at radius 2 is 1.81 bits per heavy atom. The third-order valence-electron chi connectivity index (χ3n) is 6.60. The number of nitrogens with zero attached hydrogens (tertiary/aromatic N) is 2. The van der Waals surface area contributed by atoms with E-state index < -0.39 is 24.0 Å². The number of benzene rings is 2. The number of piperidine rings is 1. The number of carboxylic acid groups (broad SMARTS) is 1. The fourth-order valence-electron chi connectivity index (χ4n) is 4.62. The number of aliphatic carboxylic acids is 1. The number of anilines is 1. The largest absolute Gasteiger partial charge is 0.480 e. The molecule has 0 bridgehead atoms. The van der Waals surface area contributed by atoms with E-state index in [0.717, 1.165) is 5.56 Å². The van der Waals surface area contributed by atoms with Crippen LogP contribution < -0.4 is 10.6 Å². The number of ether oxygens (including phenoxy) is 1. The Labute approximate surface area is 249 Å². The first kappa shape index (κ1) is 30.9. The summed E-state index contributed by atoms with van der Waals surface area (Å²) in [5.74, 6) is -1.61. The fraction of sp³-hybridized carbons (Fsp3) is 0.357. The first-order valence-electron chi connectivity index (χ1n) is 13.2. The number of fused-ring (bicyclic) bond motifs is 1. The van der Waals surface area contributed by atoms with Gasteiger partial charge in [-0.15, -0.1) is 0 Å². The summed E-state index contributed by atoms with van der Waals surface area (Å²) >= 11 is 0. The molecule has 2 aromatic rings. The predicted molar refractivity (Wildman–Crippen MR) is 156 cm³/mol. The Hall–Kier alpha value is -4.04. The molecule has 1 saturated heterocycles. The summed E-state index contributed by atoms with van der Waals surface area (Å²) in [7, 11) is 2.85. The average molecular weight is 615 g/mol. The van der Waals surface area contributed by atoms with Gasteiger partial charge in [0.2, 0.25) is 17.7 Å². The Bertz CT molecular complexity index is 1360. The van der Waals surface area contributed by atoms with Crippen LogP contribution in [0.25, 0.3) is 0 Å². The molecule has 3 N–H and O–H groups in total. The van der Waals surface area contributed by atoms with Crippen LogP contribution in [0.1, 0.15) is 40.7 Å². The van der Waals surface area contributed by atoms with Crippen LogP contribution >= 0.6 is 21.6 Å². The highest BCUT2D eigenvalue weighted by molar-refractivity contribution is 8.76. The molecule has 4 rings (SSSR count). The molecule has 2 aliphatic rings. The number of carboxylic acids is 1. The fourth-order valence-corrected chi connectivity index (χ4v) is 6.43. The van der Waals surface area contributed by atoms with Crippen LogP contribution in [0.15, 0.2) is 48.5 Å². The van der Waals surface area contributed by atoms with Gasteiger partial charge in [-0.2, -0.15) is 0 Å². The Morgan fingerprint density at radius 3 is 2.55 bits per heavy atom. The standard InChI is InChI=1S/C28H30N4O8S2/c33-23-10-9-22(26(37)30-23)32-16-20-19(27(32)38)7-4-8-21(20)29-28(39)40-12-14-42-41-13-11-24(34)31(17-25(35)36)15-18-5-2-1-3-6-18/h1-8,22H,9-17H2,(H,29,39)(H,35,36)(H,30,33,37). The average Bonchev–Trinajstić information content (AvgIpc) is 3.29.